The minimum Gasteiger partial charge on any atom is -0.231 e. The first-order chi connectivity index (χ1) is 6.22. The van der Waals surface area contributed by atoms with Crippen LogP contribution in [0.2, 0.25) is 0 Å². The lowest BCUT2D eigenvalue weighted by atomic mass is 10.4. The van der Waals surface area contributed by atoms with Gasteiger partial charge in [-0.25, -0.2) is 9.97 Å². The summed E-state index contributed by atoms with van der Waals surface area (Å²) in [6.45, 7) is 3.93. The van der Waals surface area contributed by atoms with E-state index in [1.807, 2.05) is 19.9 Å². The van der Waals surface area contributed by atoms with Crippen LogP contribution in [0.3, 0.4) is 0 Å². The normalized spacial score (nSPS) is 12.1. The van der Waals surface area contributed by atoms with Gasteiger partial charge in [0.2, 0.25) is 0 Å². The lowest BCUT2D eigenvalue weighted by Gasteiger charge is -2.04. The highest BCUT2D eigenvalue weighted by molar-refractivity contribution is 7.99. The van der Waals surface area contributed by atoms with E-state index in [4.69, 9.17) is 5.26 Å². The average molecular weight is 193 g/mol. The number of rotatable bonds is 3. The van der Waals surface area contributed by atoms with Gasteiger partial charge >= 0.3 is 0 Å². The second kappa shape index (κ2) is 4.83. The van der Waals surface area contributed by atoms with Gasteiger partial charge in [-0.2, -0.15) is 5.26 Å². The Morgan fingerprint density at radius 1 is 1.69 bits per heavy atom. The molecule has 1 rings (SSSR count). The van der Waals surface area contributed by atoms with Gasteiger partial charge in [0.05, 0.1) is 6.07 Å². The van der Waals surface area contributed by atoms with Gasteiger partial charge in [0.25, 0.3) is 0 Å². The highest BCUT2D eigenvalue weighted by Crippen LogP contribution is 2.20. The first-order valence-electron chi connectivity index (χ1n) is 4.05. The second-order valence-corrected chi connectivity index (χ2v) is 4.18. The Labute approximate surface area is 82.2 Å². The molecule has 0 bridgehead atoms. The molecule has 0 saturated heterocycles. The Hall–Kier alpha value is -1.08. The van der Waals surface area contributed by atoms with Gasteiger partial charge in [-0.1, -0.05) is 18.7 Å². The van der Waals surface area contributed by atoms with Gasteiger partial charge < -0.3 is 0 Å². The predicted molar refractivity (Wildman–Crippen MR) is 52.3 cm³/mol. The quantitative estimate of drug-likeness (QED) is 0.545. The van der Waals surface area contributed by atoms with E-state index in [-0.39, 0.29) is 5.25 Å². The smallest absolute Gasteiger partial charge is 0.188 e. The zero-order chi connectivity index (χ0) is 9.68. The summed E-state index contributed by atoms with van der Waals surface area (Å²) in [5.41, 5.74) is 0.960. The summed E-state index contributed by atoms with van der Waals surface area (Å²) in [4.78, 5) is 8.34. The molecule has 1 heterocycles. The maximum atomic E-state index is 8.47. The van der Waals surface area contributed by atoms with E-state index < -0.39 is 0 Å². The van der Waals surface area contributed by atoms with Crippen LogP contribution in [0.4, 0.5) is 0 Å². The molecule has 13 heavy (non-hydrogen) atoms. The number of hydrogen-bond acceptors (Lipinski definition) is 4. The molecule has 4 heteroatoms. The van der Waals surface area contributed by atoms with E-state index in [0.29, 0.717) is 6.42 Å². The monoisotopic (exact) mass is 193 g/mol. The van der Waals surface area contributed by atoms with Crippen molar-refractivity contribution in [2.45, 2.75) is 30.7 Å². The van der Waals surface area contributed by atoms with Crippen LogP contribution in [0.25, 0.3) is 0 Å². The Morgan fingerprint density at radius 3 is 3.08 bits per heavy atom. The average Bonchev–Trinajstić information content (AvgIpc) is 2.04. The van der Waals surface area contributed by atoms with Crippen LogP contribution in [-0.2, 0) is 0 Å². The number of hydrogen-bond donors (Lipinski definition) is 0. The van der Waals surface area contributed by atoms with Crippen molar-refractivity contribution in [1.29, 1.82) is 5.26 Å². The maximum Gasteiger partial charge on any atom is 0.188 e. The number of nitriles is 1. The van der Waals surface area contributed by atoms with Gasteiger partial charge in [0, 0.05) is 23.6 Å². The van der Waals surface area contributed by atoms with E-state index in [1.54, 1.807) is 6.20 Å². The molecule has 0 amide bonds. The van der Waals surface area contributed by atoms with Crippen molar-refractivity contribution in [2.24, 2.45) is 0 Å². The molecule has 0 saturated carbocycles. The molecule has 0 radical (unpaired) electrons. The summed E-state index contributed by atoms with van der Waals surface area (Å²) in [7, 11) is 0. The number of aromatic nitrogens is 2. The summed E-state index contributed by atoms with van der Waals surface area (Å²) in [6, 6.07) is 3.99. The summed E-state index contributed by atoms with van der Waals surface area (Å²) >= 11 is 1.54. The molecule has 0 aliphatic rings. The lowest BCUT2D eigenvalue weighted by Crippen LogP contribution is -1.97. The molecule has 1 unspecified atom stereocenters. The van der Waals surface area contributed by atoms with E-state index in [1.165, 1.54) is 11.8 Å². The molecule has 68 valence electrons. The maximum absolute atomic E-state index is 8.47. The third kappa shape index (κ3) is 3.43. The zero-order valence-corrected chi connectivity index (χ0v) is 8.51. The fraction of sp³-hybridized carbons (Fsp3) is 0.444. The van der Waals surface area contributed by atoms with Crippen LogP contribution in [0.5, 0.6) is 0 Å². The lowest BCUT2D eigenvalue weighted by molar-refractivity contribution is 0.910. The number of nitrogens with zero attached hydrogens (tertiary/aromatic N) is 3. The van der Waals surface area contributed by atoms with Crippen LogP contribution in [-0.4, -0.2) is 15.2 Å². The van der Waals surface area contributed by atoms with Gasteiger partial charge in [-0.3, -0.25) is 0 Å². The molecule has 1 atom stereocenters. The molecule has 0 aromatic carbocycles. The second-order valence-electron chi connectivity index (χ2n) is 2.77. The third-order valence-corrected chi connectivity index (χ3v) is 2.43. The Kier molecular flexibility index (Phi) is 3.71. The van der Waals surface area contributed by atoms with Crippen molar-refractivity contribution in [3.63, 3.8) is 0 Å². The molecule has 1 aromatic heterocycles. The van der Waals surface area contributed by atoms with E-state index in [9.17, 15) is 0 Å². The first-order valence-corrected chi connectivity index (χ1v) is 4.93. The van der Waals surface area contributed by atoms with Crippen molar-refractivity contribution < 1.29 is 0 Å². The molecule has 3 nitrogen and oxygen atoms in total. The van der Waals surface area contributed by atoms with E-state index in [0.717, 1.165) is 10.9 Å². The summed E-state index contributed by atoms with van der Waals surface area (Å²) in [6.07, 6.45) is 2.27. The molecule has 0 fully saturated rings. The number of aryl methyl sites for hydroxylation is 1. The van der Waals surface area contributed by atoms with Crippen molar-refractivity contribution in [3.8, 4) is 6.07 Å². The predicted octanol–water partition coefficient (Wildman–Crippen LogP) is 2.18. The molecule has 0 N–H and O–H groups in total. The molecule has 0 spiro atoms. The van der Waals surface area contributed by atoms with Gasteiger partial charge in [-0.05, 0) is 13.0 Å². The molecule has 0 aliphatic carbocycles. The van der Waals surface area contributed by atoms with Crippen LogP contribution >= 0.6 is 11.8 Å². The van der Waals surface area contributed by atoms with Crippen LogP contribution < -0.4 is 0 Å². The molecular weight excluding hydrogens is 182 g/mol. The van der Waals surface area contributed by atoms with Gasteiger partial charge in [0.15, 0.2) is 5.16 Å². The number of thioether (sulfide) groups is 1. The van der Waals surface area contributed by atoms with Crippen molar-refractivity contribution in [1.82, 2.24) is 9.97 Å². The zero-order valence-electron chi connectivity index (χ0n) is 7.69. The van der Waals surface area contributed by atoms with E-state index in [2.05, 4.69) is 16.0 Å². The minimum absolute atomic E-state index is 0.256. The fourth-order valence-electron chi connectivity index (χ4n) is 0.833. The highest BCUT2D eigenvalue weighted by Gasteiger charge is 2.05. The largest absolute Gasteiger partial charge is 0.231 e. The third-order valence-electron chi connectivity index (χ3n) is 1.46. The summed E-state index contributed by atoms with van der Waals surface area (Å²) in [5.74, 6) is 0. The van der Waals surface area contributed by atoms with Crippen LogP contribution in [0.1, 0.15) is 19.0 Å². The summed E-state index contributed by atoms with van der Waals surface area (Å²) < 4.78 is 0. The van der Waals surface area contributed by atoms with Crippen LogP contribution in [0.15, 0.2) is 17.4 Å². The van der Waals surface area contributed by atoms with Crippen molar-refractivity contribution in [2.75, 3.05) is 0 Å². The van der Waals surface area contributed by atoms with Crippen molar-refractivity contribution >= 4 is 11.8 Å². The first kappa shape index (κ1) is 10.0. The van der Waals surface area contributed by atoms with Crippen molar-refractivity contribution in [3.05, 3.63) is 18.0 Å². The highest BCUT2D eigenvalue weighted by atomic mass is 32.2. The summed E-state index contributed by atoms with van der Waals surface area (Å²) in [5, 5.41) is 9.47. The van der Waals surface area contributed by atoms with Crippen LogP contribution in [0, 0.1) is 18.3 Å². The standard InChI is InChI=1S/C9H11N3S/c1-7-4-6-11-9(12-7)13-8(2)3-5-10/h4,6,8H,3H2,1-2H3. The molecular formula is C9H11N3S. The minimum atomic E-state index is 0.256. The topological polar surface area (TPSA) is 49.6 Å². The Morgan fingerprint density at radius 2 is 2.46 bits per heavy atom. The van der Waals surface area contributed by atoms with Gasteiger partial charge in [0.1, 0.15) is 0 Å². The fourth-order valence-corrected chi connectivity index (χ4v) is 1.67. The molecule has 0 aliphatic heterocycles. The Bertz CT molecular complexity index is 319. The van der Waals surface area contributed by atoms with Gasteiger partial charge in [-0.15, -0.1) is 0 Å². The van der Waals surface area contributed by atoms with E-state index >= 15 is 0 Å². The SMILES string of the molecule is Cc1ccnc(SC(C)CC#N)n1. The Balaban J connectivity index is 2.59. The molecule has 1 aromatic rings.